The van der Waals surface area contributed by atoms with E-state index in [1.54, 1.807) is 11.3 Å². The normalized spacial score (nSPS) is 18.5. The molecule has 2 aromatic heterocycles. The van der Waals surface area contributed by atoms with E-state index in [-0.39, 0.29) is 11.6 Å². The Labute approximate surface area is 157 Å². The molecule has 1 aliphatic heterocycles. The van der Waals surface area contributed by atoms with Crippen LogP contribution in [0.2, 0.25) is 0 Å². The van der Waals surface area contributed by atoms with Crippen molar-refractivity contribution >= 4 is 21.6 Å². The minimum Gasteiger partial charge on any atom is -0.306 e. The number of thiophene rings is 1. The zero-order valence-corrected chi connectivity index (χ0v) is 15.9. The summed E-state index contributed by atoms with van der Waals surface area (Å²) in [4.78, 5) is 23.3. The molecule has 0 unspecified atom stereocenters. The molecule has 1 aromatic carbocycles. The van der Waals surface area contributed by atoms with Gasteiger partial charge in [0.2, 0.25) is 0 Å². The molecule has 0 spiro atoms. The van der Waals surface area contributed by atoms with Crippen molar-refractivity contribution in [3.8, 4) is 11.4 Å². The lowest BCUT2D eigenvalue weighted by molar-refractivity contribution is 0.219. The minimum absolute atomic E-state index is 0.183. The Bertz CT molecular complexity index is 1010. The second kappa shape index (κ2) is 6.32. The van der Waals surface area contributed by atoms with Gasteiger partial charge in [0, 0.05) is 16.5 Å². The van der Waals surface area contributed by atoms with E-state index in [4.69, 9.17) is 4.98 Å². The standard InChI is InChI=1S/C21H23N3OS/c1-23-12-10-15(11-13-23)24-19(14-6-3-2-4-7-14)22-20-18(21(24)25)16-8-5-9-17(16)26-20/h2-4,6-7,15H,5,8-13H2,1H3. The maximum absolute atomic E-state index is 13.6. The van der Waals surface area contributed by atoms with Crippen LogP contribution in [0, 0.1) is 0 Å². The number of piperidine rings is 1. The minimum atomic E-state index is 0.183. The van der Waals surface area contributed by atoms with Gasteiger partial charge in [0.1, 0.15) is 10.7 Å². The number of aromatic nitrogens is 2. The van der Waals surface area contributed by atoms with Crippen LogP contribution in [0.5, 0.6) is 0 Å². The number of hydrogen-bond acceptors (Lipinski definition) is 4. The first-order chi connectivity index (χ1) is 12.7. The van der Waals surface area contributed by atoms with Gasteiger partial charge in [-0.15, -0.1) is 11.3 Å². The predicted octanol–water partition coefficient (Wildman–Crippen LogP) is 3.88. The lowest BCUT2D eigenvalue weighted by Gasteiger charge is -2.31. The molecule has 0 radical (unpaired) electrons. The molecule has 2 aliphatic rings. The van der Waals surface area contributed by atoms with Crippen LogP contribution in [0.4, 0.5) is 0 Å². The summed E-state index contributed by atoms with van der Waals surface area (Å²) in [5.41, 5.74) is 2.51. The Kier molecular flexibility index (Phi) is 3.94. The Morgan fingerprint density at radius 3 is 2.65 bits per heavy atom. The first-order valence-electron chi connectivity index (χ1n) is 9.53. The van der Waals surface area contributed by atoms with Gasteiger partial charge >= 0.3 is 0 Å². The molecule has 0 bridgehead atoms. The van der Waals surface area contributed by atoms with Crippen LogP contribution in [0.25, 0.3) is 21.6 Å². The van der Waals surface area contributed by atoms with E-state index in [1.165, 1.54) is 16.9 Å². The molecule has 5 rings (SSSR count). The highest BCUT2D eigenvalue weighted by Gasteiger charge is 2.27. The van der Waals surface area contributed by atoms with Crippen LogP contribution in [0.1, 0.15) is 35.7 Å². The summed E-state index contributed by atoms with van der Waals surface area (Å²) >= 11 is 1.73. The van der Waals surface area contributed by atoms with Crippen molar-refractivity contribution in [2.75, 3.05) is 20.1 Å². The third-order valence-electron chi connectivity index (χ3n) is 5.86. The fraction of sp³-hybridized carbons (Fsp3) is 0.429. The Hall–Kier alpha value is -1.98. The van der Waals surface area contributed by atoms with Gasteiger partial charge in [0.05, 0.1) is 5.39 Å². The molecule has 3 heterocycles. The third-order valence-corrected chi connectivity index (χ3v) is 7.04. The third kappa shape index (κ3) is 2.53. The molecule has 0 N–H and O–H groups in total. The van der Waals surface area contributed by atoms with Crippen LogP contribution < -0.4 is 5.56 Å². The molecule has 1 fully saturated rings. The van der Waals surface area contributed by atoms with E-state index in [2.05, 4.69) is 24.1 Å². The summed E-state index contributed by atoms with van der Waals surface area (Å²) in [6.07, 6.45) is 5.33. The molecule has 5 heteroatoms. The maximum Gasteiger partial charge on any atom is 0.263 e. The molecule has 0 amide bonds. The van der Waals surface area contributed by atoms with Crippen molar-refractivity contribution in [3.63, 3.8) is 0 Å². The number of fused-ring (bicyclic) bond motifs is 3. The summed E-state index contributed by atoms with van der Waals surface area (Å²) in [6, 6.07) is 10.4. The van der Waals surface area contributed by atoms with Gasteiger partial charge in [-0.05, 0) is 57.8 Å². The van der Waals surface area contributed by atoms with Crippen molar-refractivity contribution in [2.24, 2.45) is 0 Å². The lowest BCUT2D eigenvalue weighted by Crippen LogP contribution is -2.36. The average molecular weight is 366 g/mol. The van der Waals surface area contributed by atoms with Crippen molar-refractivity contribution in [1.82, 2.24) is 14.5 Å². The molecule has 0 saturated carbocycles. The number of aryl methyl sites for hydroxylation is 2. The van der Waals surface area contributed by atoms with Gasteiger partial charge in [-0.1, -0.05) is 30.3 Å². The van der Waals surface area contributed by atoms with E-state index >= 15 is 0 Å². The highest BCUT2D eigenvalue weighted by Crippen LogP contribution is 2.37. The van der Waals surface area contributed by atoms with Crippen molar-refractivity contribution in [1.29, 1.82) is 0 Å². The quantitative estimate of drug-likeness (QED) is 0.692. The SMILES string of the molecule is CN1CCC(n2c(-c3ccccc3)nc3sc4c(c3c2=O)CCC4)CC1. The number of likely N-dealkylation sites (tertiary alicyclic amines) is 1. The van der Waals surface area contributed by atoms with Gasteiger partial charge in [-0.25, -0.2) is 4.98 Å². The van der Waals surface area contributed by atoms with E-state index in [1.807, 2.05) is 22.8 Å². The molecule has 134 valence electrons. The Balaban J connectivity index is 1.76. The lowest BCUT2D eigenvalue weighted by atomic mass is 10.0. The highest BCUT2D eigenvalue weighted by molar-refractivity contribution is 7.18. The van der Waals surface area contributed by atoms with Gasteiger partial charge in [-0.2, -0.15) is 0 Å². The fourth-order valence-electron chi connectivity index (χ4n) is 4.44. The predicted molar refractivity (Wildman–Crippen MR) is 107 cm³/mol. The van der Waals surface area contributed by atoms with Crippen LogP contribution in [-0.4, -0.2) is 34.6 Å². The Morgan fingerprint density at radius 1 is 1.12 bits per heavy atom. The zero-order valence-electron chi connectivity index (χ0n) is 15.1. The topological polar surface area (TPSA) is 38.1 Å². The maximum atomic E-state index is 13.6. The first kappa shape index (κ1) is 16.2. The Morgan fingerprint density at radius 2 is 1.88 bits per heavy atom. The second-order valence-corrected chi connectivity index (χ2v) is 8.63. The van der Waals surface area contributed by atoms with Gasteiger partial charge in [-0.3, -0.25) is 9.36 Å². The molecular weight excluding hydrogens is 342 g/mol. The van der Waals surface area contributed by atoms with Crippen LogP contribution in [0.3, 0.4) is 0 Å². The summed E-state index contributed by atoms with van der Waals surface area (Å²) in [6.45, 7) is 2.07. The average Bonchev–Trinajstić information content (AvgIpc) is 3.24. The van der Waals surface area contributed by atoms with Crippen LogP contribution in [0.15, 0.2) is 35.1 Å². The van der Waals surface area contributed by atoms with Crippen molar-refractivity contribution in [3.05, 3.63) is 51.1 Å². The second-order valence-electron chi connectivity index (χ2n) is 7.55. The zero-order chi connectivity index (χ0) is 17.7. The summed E-state index contributed by atoms with van der Waals surface area (Å²) in [7, 11) is 2.16. The van der Waals surface area contributed by atoms with Crippen molar-refractivity contribution < 1.29 is 0 Å². The number of nitrogens with zero attached hydrogens (tertiary/aromatic N) is 3. The molecule has 1 aliphatic carbocycles. The van der Waals surface area contributed by atoms with E-state index in [0.29, 0.717) is 0 Å². The number of benzene rings is 1. The molecule has 26 heavy (non-hydrogen) atoms. The van der Waals surface area contributed by atoms with Crippen molar-refractivity contribution in [2.45, 2.75) is 38.1 Å². The van der Waals surface area contributed by atoms with Crippen LogP contribution in [-0.2, 0) is 12.8 Å². The molecule has 0 atom stereocenters. The fourth-order valence-corrected chi connectivity index (χ4v) is 5.69. The van der Waals surface area contributed by atoms with E-state index in [9.17, 15) is 4.79 Å². The molecule has 1 saturated heterocycles. The molecule has 3 aromatic rings. The molecule has 4 nitrogen and oxygen atoms in total. The van der Waals surface area contributed by atoms with Gasteiger partial charge in [0.25, 0.3) is 5.56 Å². The van der Waals surface area contributed by atoms with E-state index in [0.717, 1.165) is 60.4 Å². The largest absolute Gasteiger partial charge is 0.306 e. The van der Waals surface area contributed by atoms with E-state index < -0.39 is 0 Å². The summed E-state index contributed by atoms with van der Waals surface area (Å²) in [5.74, 6) is 0.845. The highest BCUT2D eigenvalue weighted by atomic mass is 32.1. The number of hydrogen-bond donors (Lipinski definition) is 0. The van der Waals surface area contributed by atoms with Gasteiger partial charge in [0.15, 0.2) is 0 Å². The smallest absolute Gasteiger partial charge is 0.263 e. The summed E-state index contributed by atoms with van der Waals surface area (Å²) in [5, 5.41) is 0.904. The molecular formula is C21H23N3OS. The van der Waals surface area contributed by atoms with Crippen LogP contribution >= 0.6 is 11.3 Å². The first-order valence-corrected chi connectivity index (χ1v) is 10.3. The summed E-state index contributed by atoms with van der Waals surface area (Å²) < 4.78 is 2.02. The number of rotatable bonds is 2. The van der Waals surface area contributed by atoms with Gasteiger partial charge < -0.3 is 4.90 Å². The monoisotopic (exact) mass is 365 g/mol.